The quantitative estimate of drug-likeness (QED) is 0.0112. The molecule has 82 heavy (non-hydrogen) atoms. The van der Waals surface area contributed by atoms with Gasteiger partial charge in [0.1, 0.15) is 54.1 Å². The van der Waals surface area contributed by atoms with Crippen molar-refractivity contribution < 1.29 is 92.1 Å². The lowest BCUT2D eigenvalue weighted by Gasteiger charge is -2.25. The van der Waals surface area contributed by atoms with Gasteiger partial charge in [-0.1, -0.05) is 55.5 Å². The summed E-state index contributed by atoms with van der Waals surface area (Å²) in [5.41, 5.74) is 1.62. The minimum atomic E-state index is -1.14. The van der Waals surface area contributed by atoms with Gasteiger partial charge in [-0.25, -0.2) is 9.59 Å². The zero-order chi connectivity index (χ0) is 60.0. The number of carboxylic acid groups (broad SMARTS) is 2. The van der Waals surface area contributed by atoms with Crippen LogP contribution in [0, 0.1) is 11.3 Å². The van der Waals surface area contributed by atoms with Gasteiger partial charge in [0.25, 0.3) is 0 Å². The molecule has 0 aliphatic carbocycles. The number of phenols is 2. The van der Waals surface area contributed by atoms with Crippen molar-refractivity contribution >= 4 is 59.4 Å². The molecule has 442 valence electrons. The highest BCUT2D eigenvalue weighted by molar-refractivity contribution is 5.86. The molecule has 0 spiro atoms. The average molecular weight is 1140 g/mol. The maximum atomic E-state index is 13.4. The van der Waals surface area contributed by atoms with Crippen LogP contribution >= 0.6 is 0 Å². The highest BCUT2D eigenvalue weighted by Crippen LogP contribution is 2.29. The first-order valence-electron chi connectivity index (χ1n) is 27.3. The van der Waals surface area contributed by atoms with Crippen molar-refractivity contribution in [3.05, 3.63) is 119 Å². The standard InChI is InChI=1S/C61H74N2O19/c1-40(51(66)9-8-34-78-58(75)49(37-43-14-24-45(64)25-15-43)62-52(67)32-22-41-18-28-47(29-19-41)81-56(73)12-6-4-10-54(69)70)39-61(2,3)60(77)80-36-35-79-59(76)50(38-44-16-26-46(65)27-17-44)63-53(68)33-23-42-20-30-48(31-21-42)82-57(74)13-7-5-11-55(71)72/h14-21,24-31,40,49-50,64-65H,4-13,22-23,32-39H2,1-3H3,(H,62,67)(H,63,68)(H,69,70)(H,71,72)/t40?,49-,50-/m0/s1. The molecule has 0 saturated heterocycles. The van der Waals surface area contributed by atoms with Crippen LogP contribution in [-0.4, -0.2) is 112 Å². The molecule has 0 aliphatic heterocycles. The summed E-state index contributed by atoms with van der Waals surface area (Å²) in [5.74, 6) is -6.10. The summed E-state index contributed by atoms with van der Waals surface area (Å²) < 4.78 is 27.0. The summed E-state index contributed by atoms with van der Waals surface area (Å²) in [7, 11) is 0. The molecule has 4 rings (SSSR count). The van der Waals surface area contributed by atoms with E-state index in [0.29, 0.717) is 54.7 Å². The van der Waals surface area contributed by atoms with Crippen LogP contribution < -0.4 is 20.1 Å². The number of carbonyl (C=O) groups excluding carboxylic acids is 8. The van der Waals surface area contributed by atoms with E-state index in [2.05, 4.69) is 10.6 Å². The first-order valence-corrected chi connectivity index (χ1v) is 27.3. The van der Waals surface area contributed by atoms with E-state index in [1.54, 1.807) is 93.6 Å². The Bertz CT molecular complexity index is 2760. The van der Waals surface area contributed by atoms with Gasteiger partial charge < -0.3 is 54.7 Å². The van der Waals surface area contributed by atoms with Gasteiger partial charge in [0.15, 0.2) is 0 Å². The maximum Gasteiger partial charge on any atom is 0.329 e. The number of rotatable bonds is 37. The van der Waals surface area contributed by atoms with Gasteiger partial charge in [0.05, 0.1) is 12.0 Å². The lowest BCUT2D eigenvalue weighted by Crippen LogP contribution is -2.43. The predicted molar refractivity (Wildman–Crippen MR) is 295 cm³/mol. The fourth-order valence-electron chi connectivity index (χ4n) is 8.38. The number of ether oxygens (including phenoxy) is 5. The number of nitrogens with one attached hydrogen (secondary N) is 2. The largest absolute Gasteiger partial charge is 0.508 e. The van der Waals surface area contributed by atoms with Gasteiger partial charge in [0, 0.05) is 63.7 Å². The van der Waals surface area contributed by atoms with Crippen molar-refractivity contribution in [2.45, 2.75) is 142 Å². The lowest BCUT2D eigenvalue weighted by atomic mass is 9.81. The normalized spacial score (nSPS) is 12.1. The molecule has 6 N–H and O–H groups in total. The summed E-state index contributed by atoms with van der Waals surface area (Å²) in [6.45, 7) is 4.10. The third-order valence-corrected chi connectivity index (χ3v) is 12.9. The number of carbonyl (C=O) groups is 10. The summed E-state index contributed by atoms with van der Waals surface area (Å²) >= 11 is 0. The topological polar surface area (TPSA) is 322 Å². The summed E-state index contributed by atoms with van der Waals surface area (Å²) in [6.07, 6.45) is 2.47. The SMILES string of the molecule is CC(CC(C)(C)C(=O)OCCOC(=O)[C@H](Cc1ccc(O)cc1)NC(=O)CCc1ccc(OC(=O)CCCCC(=O)O)cc1)C(=O)CCCOC(=O)[C@H](Cc1ccc(O)cc1)NC(=O)CCc1ccc(OC(=O)CCCCC(=O)O)cc1. The van der Waals surface area contributed by atoms with Gasteiger partial charge in [-0.05, 0) is 136 Å². The molecule has 21 heteroatoms. The number of hydrogen-bond acceptors (Lipinski definition) is 17. The molecule has 0 radical (unpaired) electrons. The number of aryl methyl sites for hydroxylation is 2. The molecule has 4 aromatic rings. The maximum absolute atomic E-state index is 13.4. The number of phenolic OH excluding ortho intramolecular Hbond substituents is 2. The van der Waals surface area contributed by atoms with Crippen LogP contribution in [0.4, 0.5) is 0 Å². The van der Waals surface area contributed by atoms with E-state index >= 15 is 0 Å². The molecular formula is C61H74N2O19. The molecule has 2 amide bonds. The number of Topliss-reactive ketones (excluding diaryl/α,β-unsaturated/α-hetero) is 1. The minimum Gasteiger partial charge on any atom is -0.508 e. The summed E-state index contributed by atoms with van der Waals surface area (Å²) in [4.78, 5) is 125. The molecule has 0 bridgehead atoms. The molecule has 0 heterocycles. The van der Waals surface area contributed by atoms with Crippen molar-refractivity contribution in [3.8, 4) is 23.0 Å². The van der Waals surface area contributed by atoms with Crippen LogP contribution in [0.3, 0.4) is 0 Å². The van der Waals surface area contributed by atoms with Crippen LogP contribution in [-0.2, 0) is 87.8 Å². The van der Waals surface area contributed by atoms with Crippen molar-refractivity contribution in [2.24, 2.45) is 11.3 Å². The Balaban J connectivity index is 1.19. The Hall–Kier alpha value is -8.62. The van der Waals surface area contributed by atoms with Gasteiger partial charge >= 0.3 is 41.8 Å². The zero-order valence-electron chi connectivity index (χ0n) is 46.5. The van der Waals surface area contributed by atoms with E-state index in [-0.39, 0.29) is 114 Å². The Morgan fingerprint density at radius 2 is 0.841 bits per heavy atom. The third-order valence-electron chi connectivity index (χ3n) is 12.9. The van der Waals surface area contributed by atoms with Gasteiger partial charge in [-0.15, -0.1) is 0 Å². The Morgan fingerprint density at radius 1 is 0.463 bits per heavy atom. The number of ketones is 1. The lowest BCUT2D eigenvalue weighted by molar-refractivity contribution is -0.160. The molecular weight excluding hydrogens is 1060 g/mol. The number of esters is 5. The van der Waals surface area contributed by atoms with E-state index in [4.69, 9.17) is 33.9 Å². The third kappa shape index (κ3) is 26.1. The summed E-state index contributed by atoms with van der Waals surface area (Å²) in [6, 6.07) is 23.0. The molecule has 0 aromatic heterocycles. The molecule has 1 unspecified atom stereocenters. The molecule has 21 nitrogen and oxygen atoms in total. The van der Waals surface area contributed by atoms with Crippen LogP contribution in [0.5, 0.6) is 23.0 Å². The van der Waals surface area contributed by atoms with E-state index in [1.807, 2.05) is 0 Å². The van der Waals surface area contributed by atoms with Crippen LogP contribution in [0.2, 0.25) is 0 Å². The Morgan fingerprint density at radius 3 is 1.26 bits per heavy atom. The number of hydrogen-bond donors (Lipinski definition) is 6. The fourth-order valence-corrected chi connectivity index (χ4v) is 8.38. The minimum absolute atomic E-state index is 0.00447. The number of aromatic hydroxyl groups is 2. The van der Waals surface area contributed by atoms with Crippen LogP contribution in [0.15, 0.2) is 97.1 Å². The highest BCUT2D eigenvalue weighted by Gasteiger charge is 2.34. The second-order valence-electron chi connectivity index (χ2n) is 20.4. The monoisotopic (exact) mass is 1140 g/mol. The Kier molecular flexibility index (Phi) is 27.7. The van der Waals surface area contributed by atoms with Crippen LogP contribution in [0.25, 0.3) is 0 Å². The number of benzene rings is 4. The first-order chi connectivity index (χ1) is 39.0. The first kappa shape index (κ1) is 65.9. The van der Waals surface area contributed by atoms with Crippen molar-refractivity contribution in [1.29, 1.82) is 0 Å². The van der Waals surface area contributed by atoms with Crippen molar-refractivity contribution in [2.75, 3.05) is 19.8 Å². The number of aliphatic carboxylic acids is 2. The fraction of sp³-hybridized carbons (Fsp3) is 0.443. The van der Waals surface area contributed by atoms with Gasteiger partial charge in [-0.2, -0.15) is 0 Å². The smallest absolute Gasteiger partial charge is 0.329 e. The predicted octanol–water partition coefficient (Wildman–Crippen LogP) is 7.25. The second-order valence-corrected chi connectivity index (χ2v) is 20.4. The number of carboxylic acids is 2. The van der Waals surface area contributed by atoms with E-state index < -0.39 is 77.0 Å². The second kappa shape index (κ2) is 34.5. The van der Waals surface area contributed by atoms with E-state index in [1.165, 1.54) is 24.3 Å². The van der Waals surface area contributed by atoms with E-state index in [9.17, 15) is 58.2 Å². The molecule has 0 saturated carbocycles. The number of unbranched alkanes of at least 4 members (excludes halogenated alkanes) is 2. The molecule has 3 atom stereocenters. The van der Waals surface area contributed by atoms with Crippen molar-refractivity contribution in [1.82, 2.24) is 10.6 Å². The van der Waals surface area contributed by atoms with Crippen molar-refractivity contribution in [3.63, 3.8) is 0 Å². The Labute approximate surface area is 476 Å². The molecule has 4 aromatic carbocycles. The molecule has 0 fully saturated rings. The average Bonchev–Trinajstić information content (AvgIpc) is 3.43. The zero-order valence-corrected chi connectivity index (χ0v) is 46.5. The summed E-state index contributed by atoms with van der Waals surface area (Å²) in [5, 5.41) is 42.5. The van der Waals surface area contributed by atoms with E-state index in [0.717, 1.165) is 11.1 Å². The molecule has 0 aliphatic rings. The van der Waals surface area contributed by atoms with Gasteiger partial charge in [-0.3, -0.25) is 38.4 Å². The van der Waals surface area contributed by atoms with Gasteiger partial charge in [0.2, 0.25) is 11.8 Å². The highest BCUT2D eigenvalue weighted by atomic mass is 16.6. The van der Waals surface area contributed by atoms with Crippen LogP contribution in [0.1, 0.15) is 126 Å². The number of amides is 2.